The Labute approximate surface area is 169 Å². The molecule has 0 aliphatic rings. The molecule has 3 rings (SSSR count). The molecule has 0 bridgehead atoms. The molecule has 1 heterocycles. The number of nitrogens with zero attached hydrogens (tertiary/aromatic N) is 1. The third kappa shape index (κ3) is 5.28. The van der Waals surface area contributed by atoms with Crippen molar-refractivity contribution >= 4 is 11.8 Å². The van der Waals surface area contributed by atoms with Crippen molar-refractivity contribution in [3.05, 3.63) is 100.0 Å². The minimum absolute atomic E-state index is 0.106. The van der Waals surface area contributed by atoms with Gasteiger partial charge in [0, 0.05) is 6.20 Å². The van der Waals surface area contributed by atoms with E-state index in [0.717, 1.165) is 0 Å². The van der Waals surface area contributed by atoms with Crippen molar-refractivity contribution in [2.75, 3.05) is 6.61 Å². The summed E-state index contributed by atoms with van der Waals surface area (Å²) in [5.74, 6) is -2.69. The zero-order chi connectivity index (χ0) is 21.5. The summed E-state index contributed by atoms with van der Waals surface area (Å²) < 4.78 is 32.8. The van der Waals surface area contributed by atoms with Gasteiger partial charge in [-0.3, -0.25) is 25.2 Å². The van der Waals surface area contributed by atoms with Crippen LogP contribution in [0.2, 0.25) is 0 Å². The molecule has 0 saturated heterocycles. The van der Waals surface area contributed by atoms with Crippen molar-refractivity contribution in [2.24, 2.45) is 0 Å². The number of ether oxygens (including phenoxy) is 1. The number of hydrazine groups is 1. The molecule has 30 heavy (non-hydrogen) atoms. The van der Waals surface area contributed by atoms with Gasteiger partial charge in [0.2, 0.25) is 0 Å². The molecular formula is C21H17F2N3O4. The summed E-state index contributed by atoms with van der Waals surface area (Å²) in [4.78, 5) is 36.6. The van der Waals surface area contributed by atoms with E-state index < -0.39 is 35.6 Å². The smallest absolute Gasteiger partial charge is 0.276 e. The Morgan fingerprint density at radius 2 is 1.67 bits per heavy atom. The number of nitrogens with one attached hydrogen (secondary N) is 2. The molecule has 7 nitrogen and oxygen atoms in total. The summed E-state index contributed by atoms with van der Waals surface area (Å²) in [7, 11) is 0. The molecule has 2 amide bonds. The quantitative estimate of drug-likeness (QED) is 0.605. The van der Waals surface area contributed by atoms with Crippen molar-refractivity contribution in [1.82, 2.24) is 15.4 Å². The third-order valence-corrected chi connectivity index (χ3v) is 4.04. The van der Waals surface area contributed by atoms with E-state index in [4.69, 9.17) is 4.74 Å². The molecule has 0 saturated carbocycles. The molecule has 154 valence electrons. The molecule has 2 aromatic carbocycles. The second-order valence-corrected chi connectivity index (χ2v) is 6.20. The van der Waals surface area contributed by atoms with Crippen molar-refractivity contribution in [1.29, 1.82) is 0 Å². The fourth-order valence-corrected chi connectivity index (χ4v) is 2.56. The number of rotatable bonds is 6. The Hall–Kier alpha value is -4.01. The number of para-hydroxylation sites is 1. The van der Waals surface area contributed by atoms with E-state index in [9.17, 15) is 23.2 Å². The number of amides is 2. The van der Waals surface area contributed by atoms with Gasteiger partial charge in [-0.15, -0.1) is 0 Å². The molecular weight excluding hydrogens is 396 g/mol. The summed E-state index contributed by atoms with van der Waals surface area (Å²) >= 11 is 0. The van der Waals surface area contributed by atoms with Crippen LogP contribution in [-0.4, -0.2) is 23.0 Å². The lowest BCUT2D eigenvalue weighted by molar-refractivity contribution is -0.123. The van der Waals surface area contributed by atoms with Crippen molar-refractivity contribution in [3.63, 3.8) is 0 Å². The monoisotopic (exact) mass is 413 g/mol. The van der Waals surface area contributed by atoms with Crippen LogP contribution in [-0.2, 0) is 11.3 Å². The first-order valence-corrected chi connectivity index (χ1v) is 8.84. The van der Waals surface area contributed by atoms with Crippen LogP contribution >= 0.6 is 0 Å². The second kappa shape index (κ2) is 9.46. The first kappa shape index (κ1) is 20.7. The zero-order valence-corrected chi connectivity index (χ0v) is 15.6. The lowest BCUT2D eigenvalue weighted by Gasteiger charge is -2.10. The highest BCUT2D eigenvalue weighted by molar-refractivity contribution is 5.95. The van der Waals surface area contributed by atoms with Crippen LogP contribution in [0.4, 0.5) is 8.78 Å². The summed E-state index contributed by atoms with van der Waals surface area (Å²) in [6.45, 7) is -0.395. The molecule has 3 aromatic rings. The molecule has 0 aliphatic heterocycles. The molecule has 2 N–H and O–H groups in total. The van der Waals surface area contributed by atoms with Gasteiger partial charge in [-0.05, 0) is 42.0 Å². The Kier molecular flexibility index (Phi) is 6.53. The van der Waals surface area contributed by atoms with Gasteiger partial charge in [0.15, 0.2) is 18.2 Å². The van der Waals surface area contributed by atoms with E-state index in [0.29, 0.717) is 5.56 Å². The first-order valence-electron chi connectivity index (χ1n) is 8.84. The number of aromatic nitrogens is 1. The van der Waals surface area contributed by atoms with Gasteiger partial charge in [0.1, 0.15) is 11.4 Å². The minimum atomic E-state index is -0.826. The number of halogens is 2. The van der Waals surface area contributed by atoms with Crippen molar-refractivity contribution < 1.29 is 23.1 Å². The van der Waals surface area contributed by atoms with Crippen LogP contribution in [0.3, 0.4) is 0 Å². The largest absolute Gasteiger partial charge is 0.481 e. The number of carbonyl (C=O) groups excluding carboxylic acids is 2. The van der Waals surface area contributed by atoms with Crippen LogP contribution in [0.25, 0.3) is 0 Å². The van der Waals surface area contributed by atoms with E-state index >= 15 is 0 Å². The normalized spacial score (nSPS) is 10.3. The van der Waals surface area contributed by atoms with Crippen LogP contribution < -0.4 is 21.1 Å². The standard InChI is InChI=1S/C21H17F2N3O4/c22-15-9-7-14(8-10-15)12-26-11-3-4-16(21(26)29)20(28)25-24-19(27)13-30-18-6-2-1-5-17(18)23/h1-11H,12-13H2,(H,24,27)(H,25,28). The first-order chi connectivity index (χ1) is 14.4. The fraction of sp³-hybridized carbons (Fsp3) is 0.0952. The molecule has 0 unspecified atom stereocenters. The predicted octanol–water partition coefficient (Wildman–Crippen LogP) is 2.01. The molecule has 0 radical (unpaired) electrons. The van der Waals surface area contributed by atoms with E-state index in [1.165, 1.54) is 65.4 Å². The van der Waals surface area contributed by atoms with E-state index in [1.807, 2.05) is 0 Å². The maximum atomic E-state index is 13.5. The van der Waals surface area contributed by atoms with E-state index in [2.05, 4.69) is 10.9 Å². The number of hydrogen-bond donors (Lipinski definition) is 2. The van der Waals surface area contributed by atoms with Crippen LogP contribution in [0, 0.1) is 11.6 Å². The number of hydrogen-bond acceptors (Lipinski definition) is 4. The highest BCUT2D eigenvalue weighted by Crippen LogP contribution is 2.14. The average Bonchev–Trinajstić information content (AvgIpc) is 2.74. The molecule has 9 heteroatoms. The van der Waals surface area contributed by atoms with Crippen molar-refractivity contribution in [2.45, 2.75) is 6.54 Å². The van der Waals surface area contributed by atoms with Crippen LogP contribution in [0.15, 0.2) is 71.7 Å². The van der Waals surface area contributed by atoms with Gasteiger partial charge < -0.3 is 9.30 Å². The van der Waals surface area contributed by atoms with Crippen molar-refractivity contribution in [3.8, 4) is 5.75 Å². The van der Waals surface area contributed by atoms with E-state index in [1.54, 1.807) is 6.07 Å². The van der Waals surface area contributed by atoms with Gasteiger partial charge in [0.05, 0.1) is 6.54 Å². The second-order valence-electron chi connectivity index (χ2n) is 6.20. The Morgan fingerprint density at radius 3 is 2.40 bits per heavy atom. The van der Waals surface area contributed by atoms with Gasteiger partial charge >= 0.3 is 0 Å². The van der Waals surface area contributed by atoms with Gasteiger partial charge in [-0.1, -0.05) is 24.3 Å². The molecule has 1 aromatic heterocycles. The highest BCUT2D eigenvalue weighted by Gasteiger charge is 2.14. The van der Waals surface area contributed by atoms with Gasteiger partial charge in [0.25, 0.3) is 17.4 Å². The maximum absolute atomic E-state index is 13.5. The molecule has 0 spiro atoms. The molecule has 0 atom stereocenters. The zero-order valence-electron chi connectivity index (χ0n) is 15.6. The summed E-state index contributed by atoms with van der Waals surface area (Å²) in [6, 6.07) is 14.0. The number of benzene rings is 2. The van der Waals surface area contributed by atoms with E-state index in [-0.39, 0.29) is 17.9 Å². The average molecular weight is 413 g/mol. The number of carbonyl (C=O) groups is 2. The van der Waals surface area contributed by atoms with Crippen LogP contribution in [0.5, 0.6) is 5.75 Å². The summed E-state index contributed by atoms with van der Waals surface area (Å²) in [5, 5.41) is 0. The lowest BCUT2D eigenvalue weighted by atomic mass is 10.2. The predicted molar refractivity (Wildman–Crippen MR) is 104 cm³/mol. The Balaban J connectivity index is 1.58. The highest BCUT2D eigenvalue weighted by atomic mass is 19.1. The third-order valence-electron chi connectivity index (χ3n) is 4.04. The summed E-state index contributed by atoms with van der Waals surface area (Å²) in [6.07, 6.45) is 1.49. The topological polar surface area (TPSA) is 89.4 Å². The molecule has 0 fully saturated rings. The van der Waals surface area contributed by atoms with Gasteiger partial charge in [-0.25, -0.2) is 8.78 Å². The fourth-order valence-electron chi connectivity index (χ4n) is 2.56. The van der Waals surface area contributed by atoms with Gasteiger partial charge in [-0.2, -0.15) is 0 Å². The Bertz CT molecular complexity index is 1110. The molecule has 0 aliphatic carbocycles. The Morgan fingerprint density at radius 1 is 0.933 bits per heavy atom. The lowest BCUT2D eigenvalue weighted by Crippen LogP contribution is -2.45. The van der Waals surface area contributed by atoms with Crippen LogP contribution in [0.1, 0.15) is 15.9 Å². The number of pyridine rings is 1. The SMILES string of the molecule is O=C(COc1ccccc1F)NNC(=O)c1cccn(Cc2ccc(F)cc2)c1=O. The maximum Gasteiger partial charge on any atom is 0.276 e. The minimum Gasteiger partial charge on any atom is -0.481 e. The summed E-state index contributed by atoms with van der Waals surface area (Å²) in [5.41, 5.74) is 4.10.